The number of halogens is 1. The first-order chi connectivity index (χ1) is 11.1. The molecule has 0 aromatic heterocycles. The quantitative estimate of drug-likeness (QED) is 0.654. The molecule has 0 aliphatic carbocycles. The Morgan fingerprint density at radius 2 is 2.00 bits per heavy atom. The number of urea groups is 1. The van der Waals surface area contributed by atoms with Crippen LogP contribution in [-0.4, -0.2) is 49.8 Å². The van der Waals surface area contributed by atoms with Crippen LogP contribution in [0.3, 0.4) is 0 Å². The van der Waals surface area contributed by atoms with Crippen molar-refractivity contribution in [3.63, 3.8) is 0 Å². The van der Waals surface area contributed by atoms with Crippen LogP contribution < -0.4 is 10.0 Å². The lowest BCUT2D eigenvalue weighted by Crippen LogP contribution is -2.33. The lowest BCUT2D eigenvalue weighted by molar-refractivity contribution is -0.137. The van der Waals surface area contributed by atoms with Crippen molar-refractivity contribution in [1.82, 2.24) is 4.90 Å². The molecule has 0 bridgehead atoms. The summed E-state index contributed by atoms with van der Waals surface area (Å²) in [4.78, 5) is 23.4. The Morgan fingerprint density at radius 1 is 1.33 bits per heavy atom. The fourth-order valence-electron chi connectivity index (χ4n) is 1.75. The van der Waals surface area contributed by atoms with E-state index in [1.165, 1.54) is 19.2 Å². The third-order valence-corrected chi connectivity index (χ3v) is 4.46. The van der Waals surface area contributed by atoms with Gasteiger partial charge in [0.2, 0.25) is 10.0 Å². The summed E-state index contributed by atoms with van der Waals surface area (Å²) in [5.74, 6) is -1.95. The maximum atomic E-state index is 14.0. The highest BCUT2D eigenvalue weighted by atomic mass is 32.2. The molecule has 2 amide bonds. The van der Waals surface area contributed by atoms with Crippen molar-refractivity contribution < 1.29 is 27.5 Å². The summed E-state index contributed by atoms with van der Waals surface area (Å²) in [7, 11) is -2.16. The van der Waals surface area contributed by atoms with Crippen molar-refractivity contribution >= 4 is 33.4 Å². The van der Waals surface area contributed by atoms with E-state index in [4.69, 9.17) is 5.11 Å². The van der Waals surface area contributed by atoms with Gasteiger partial charge in [0.15, 0.2) is 0 Å². The number of carboxylic acid groups (broad SMARTS) is 1. The molecule has 8 nitrogen and oxygen atoms in total. The first kappa shape index (κ1) is 19.7. The van der Waals surface area contributed by atoms with Crippen molar-refractivity contribution in [1.29, 1.82) is 0 Å². The van der Waals surface area contributed by atoms with Gasteiger partial charge >= 0.3 is 12.0 Å². The van der Waals surface area contributed by atoms with Crippen molar-refractivity contribution in [2.75, 3.05) is 29.4 Å². The van der Waals surface area contributed by atoms with Crippen molar-refractivity contribution in [2.45, 2.75) is 19.8 Å². The second-order valence-electron chi connectivity index (χ2n) is 5.11. The number of amides is 2. The van der Waals surface area contributed by atoms with Crippen LogP contribution in [0.25, 0.3) is 0 Å². The van der Waals surface area contributed by atoms with Crippen molar-refractivity contribution in [3.8, 4) is 0 Å². The van der Waals surface area contributed by atoms with Crippen molar-refractivity contribution in [2.24, 2.45) is 0 Å². The number of anilines is 2. The molecule has 0 saturated heterocycles. The molecule has 0 radical (unpaired) electrons. The van der Waals surface area contributed by atoms with E-state index < -0.39 is 27.8 Å². The van der Waals surface area contributed by atoms with E-state index in [9.17, 15) is 22.4 Å². The molecule has 24 heavy (non-hydrogen) atoms. The lowest BCUT2D eigenvalue weighted by atomic mass is 10.2. The average molecular weight is 361 g/mol. The smallest absolute Gasteiger partial charge is 0.321 e. The molecule has 1 aromatic rings. The zero-order valence-electron chi connectivity index (χ0n) is 13.4. The number of hydrogen-bond acceptors (Lipinski definition) is 4. The molecule has 1 rings (SSSR count). The van der Waals surface area contributed by atoms with E-state index in [0.717, 1.165) is 11.0 Å². The largest absolute Gasteiger partial charge is 0.481 e. The van der Waals surface area contributed by atoms with E-state index in [1.54, 1.807) is 6.92 Å². The number of carbonyl (C=O) groups excluding carboxylic acids is 1. The molecule has 0 spiro atoms. The van der Waals surface area contributed by atoms with Crippen LogP contribution in [-0.2, 0) is 14.8 Å². The number of sulfonamides is 1. The Bertz CT molecular complexity index is 708. The zero-order valence-corrected chi connectivity index (χ0v) is 14.2. The first-order valence-electron chi connectivity index (χ1n) is 7.18. The van der Waals surface area contributed by atoms with Gasteiger partial charge in [-0.2, -0.15) is 0 Å². The normalized spacial score (nSPS) is 11.0. The molecule has 134 valence electrons. The molecule has 0 atom stereocenters. The summed E-state index contributed by atoms with van der Waals surface area (Å²) in [5.41, 5.74) is -0.0844. The summed E-state index contributed by atoms with van der Waals surface area (Å²) in [5, 5.41) is 10.9. The molecular weight excluding hydrogens is 341 g/mol. The number of nitrogens with zero attached hydrogens (tertiary/aromatic N) is 1. The number of benzene rings is 1. The minimum atomic E-state index is -3.53. The van der Waals surface area contributed by atoms with Gasteiger partial charge in [-0.3, -0.25) is 9.52 Å². The summed E-state index contributed by atoms with van der Waals surface area (Å²) >= 11 is 0. The van der Waals surface area contributed by atoms with Crippen LogP contribution in [0.4, 0.5) is 20.6 Å². The third-order valence-electron chi connectivity index (χ3n) is 2.96. The third kappa shape index (κ3) is 6.41. The predicted octanol–water partition coefficient (Wildman–Crippen LogP) is 1.92. The molecular formula is C14H20FN3O5S. The number of carboxylic acids is 1. The molecule has 1 aromatic carbocycles. The molecule has 0 saturated carbocycles. The van der Waals surface area contributed by atoms with Gasteiger partial charge in [-0.1, -0.05) is 6.92 Å². The monoisotopic (exact) mass is 361 g/mol. The SMILES string of the molecule is CCCS(=O)(=O)Nc1ccc(NC(=O)N(C)CCC(=O)O)c(F)c1. The second-order valence-corrected chi connectivity index (χ2v) is 6.95. The van der Waals surface area contributed by atoms with Gasteiger partial charge in [0, 0.05) is 19.7 Å². The Hall–Kier alpha value is -2.36. The van der Waals surface area contributed by atoms with E-state index >= 15 is 0 Å². The summed E-state index contributed by atoms with van der Waals surface area (Å²) in [6.07, 6.45) is 0.194. The van der Waals surface area contributed by atoms with Gasteiger partial charge in [-0.15, -0.1) is 0 Å². The summed E-state index contributed by atoms with van der Waals surface area (Å²) in [6.45, 7) is 1.68. The first-order valence-corrected chi connectivity index (χ1v) is 8.83. The molecule has 0 aliphatic rings. The van der Waals surface area contributed by atoms with Gasteiger partial charge in [0.05, 0.1) is 23.5 Å². The predicted molar refractivity (Wildman–Crippen MR) is 88.0 cm³/mol. The van der Waals surface area contributed by atoms with Gasteiger partial charge in [0.1, 0.15) is 5.82 Å². The van der Waals surface area contributed by atoms with Gasteiger partial charge in [-0.25, -0.2) is 17.6 Å². The Morgan fingerprint density at radius 3 is 2.54 bits per heavy atom. The molecule has 0 unspecified atom stereocenters. The lowest BCUT2D eigenvalue weighted by Gasteiger charge is -2.17. The molecule has 10 heteroatoms. The molecule has 0 aliphatic heterocycles. The maximum Gasteiger partial charge on any atom is 0.321 e. The number of aliphatic carboxylic acids is 1. The van der Waals surface area contributed by atoms with E-state index in [1.807, 2.05) is 0 Å². The molecule has 3 N–H and O–H groups in total. The fraction of sp³-hybridized carbons (Fsp3) is 0.429. The minimum absolute atomic E-state index is 0.0301. The standard InChI is InChI=1S/C14H20FN3O5S/c1-3-8-24(22,23)17-10-4-5-12(11(15)9-10)16-14(21)18(2)7-6-13(19)20/h4-5,9,17H,3,6-8H2,1-2H3,(H,16,21)(H,19,20). The Balaban J connectivity index is 2.74. The molecule has 0 fully saturated rings. The average Bonchev–Trinajstić information content (AvgIpc) is 2.46. The van der Waals surface area contributed by atoms with E-state index in [0.29, 0.717) is 6.42 Å². The van der Waals surface area contributed by atoms with E-state index in [-0.39, 0.29) is 30.1 Å². The Labute approximate surface area is 139 Å². The highest BCUT2D eigenvalue weighted by molar-refractivity contribution is 7.92. The van der Waals surface area contributed by atoms with Crippen LogP contribution in [0.1, 0.15) is 19.8 Å². The minimum Gasteiger partial charge on any atom is -0.481 e. The van der Waals surface area contributed by atoms with Crippen LogP contribution >= 0.6 is 0 Å². The topological polar surface area (TPSA) is 116 Å². The van der Waals surface area contributed by atoms with Crippen LogP contribution in [0.15, 0.2) is 18.2 Å². The second kappa shape index (κ2) is 8.48. The fourth-order valence-corrected chi connectivity index (χ4v) is 2.88. The van der Waals surface area contributed by atoms with Crippen LogP contribution in [0, 0.1) is 5.82 Å². The number of hydrogen-bond donors (Lipinski definition) is 3. The summed E-state index contributed by atoms with van der Waals surface area (Å²) in [6, 6.07) is 2.83. The number of rotatable bonds is 8. The number of carbonyl (C=O) groups is 2. The summed E-state index contributed by atoms with van der Waals surface area (Å²) < 4.78 is 39.5. The van der Waals surface area contributed by atoms with Gasteiger partial charge < -0.3 is 15.3 Å². The maximum absolute atomic E-state index is 14.0. The van der Waals surface area contributed by atoms with Crippen LogP contribution in [0.5, 0.6) is 0 Å². The van der Waals surface area contributed by atoms with Gasteiger partial charge in [0.25, 0.3) is 0 Å². The Kier molecular flexibility index (Phi) is 6.96. The highest BCUT2D eigenvalue weighted by Crippen LogP contribution is 2.20. The van der Waals surface area contributed by atoms with Crippen LogP contribution in [0.2, 0.25) is 0 Å². The van der Waals surface area contributed by atoms with E-state index in [2.05, 4.69) is 10.0 Å². The number of nitrogens with one attached hydrogen (secondary N) is 2. The zero-order chi connectivity index (χ0) is 18.3. The molecule has 0 heterocycles. The van der Waals surface area contributed by atoms with Gasteiger partial charge in [-0.05, 0) is 18.6 Å². The highest BCUT2D eigenvalue weighted by Gasteiger charge is 2.14. The van der Waals surface area contributed by atoms with Crippen molar-refractivity contribution in [3.05, 3.63) is 24.0 Å².